The van der Waals surface area contributed by atoms with Crippen LogP contribution in [0, 0.1) is 5.41 Å². The topological polar surface area (TPSA) is 94.3 Å². The van der Waals surface area contributed by atoms with E-state index in [2.05, 4.69) is 10.3 Å². The minimum absolute atomic E-state index is 0.194. The van der Waals surface area contributed by atoms with Crippen LogP contribution in [0.15, 0.2) is 30.5 Å². The summed E-state index contributed by atoms with van der Waals surface area (Å²) in [6.45, 7) is 9.37. The van der Waals surface area contributed by atoms with E-state index in [9.17, 15) is 9.00 Å². The lowest BCUT2D eigenvalue weighted by molar-refractivity contribution is 0.0636. The Bertz CT molecular complexity index is 862. The minimum Gasteiger partial charge on any atom is -0.444 e. The molecular weight excluding hydrogens is 418 g/mol. The summed E-state index contributed by atoms with van der Waals surface area (Å²) in [5, 5.41) is 9.29. The Hall–Kier alpha value is -1.48. The number of hydrogen-bond acceptors (Lipinski definition) is 5. The number of rotatable bonds is 6. The first-order chi connectivity index (χ1) is 12.9. The number of amides is 1. The Balaban J connectivity index is 2.38. The van der Waals surface area contributed by atoms with Crippen LogP contribution in [0.1, 0.15) is 51.0 Å². The van der Waals surface area contributed by atoms with Crippen LogP contribution >= 0.6 is 22.9 Å². The Morgan fingerprint density at radius 2 is 1.96 bits per heavy atom. The van der Waals surface area contributed by atoms with Crippen LogP contribution < -0.4 is 10.5 Å². The van der Waals surface area contributed by atoms with Crippen molar-refractivity contribution in [2.75, 3.05) is 11.1 Å². The van der Waals surface area contributed by atoms with Gasteiger partial charge in [0.25, 0.3) is 0 Å². The smallest absolute Gasteiger partial charge is 0.413 e. The molecule has 3 N–H and O–H groups in total. The number of carbonyl (C=O) groups excluding carboxylic acids is 1. The second-order valence-corrected chi connectivity index (χ2v) is 10.7. The van der Waals surface area contributed by atoms with Gasteiger partial charge in [-0.05, 0) is 37.8 Å². The van der Waals surface area contributed by atoms with Gasteiger partial charge in [0.05, 0.1) is 11.0 Å². The van der Waals surface area contributed by atoms with Crippen LogP contribution in [-0.2, 0) is 15.7 Å². The molecule has 1 amide bonds. The van der Waals surface area contributed by atoms with Crippen LogP contribution in [-0.4, -0.2) is 26.6 Å². The number of nitrogens with zero attached hydrogens (tertiary/aromatic N) is 1. The summed E-state index contributed by atoms with van der Waals surface area (Å²) in [5.41, 5.74) is -0.162. The maximum Gasteiger partial charge on any atom is 0.413 e. The lowest BCUT2D eigenvalue weighted by Gasteiger charge is -2.33. The van der Waals surface area contributed by atoms with E-state index in [0.29, 0.717) is 10.2 Å². The molecule has 0 saturated carbocycles. The van der Waals surface area contributed by atoms with Gasteiger partial charge in [0.1, 0.15) is 5.60 Å². The highest BCUT2D eigenvalue weighted by atomic mass is 35.5. The van der Waals surface area contributed by atoms with Crippen molar-refractivity contribution in [2.45, 2.75) is 46.1 Å². The molecule has 0 aliphatic heterocycles. The summed E-state index contributed by atoms with van der Waals surface area (Å²) in [6.07, 6.45) is 1.14. The quantitative estimate of drug-likeness (QED) is 0.662. The molecule has 0 radical (unpaired) electrons. The maximum atomic E-state index is 12.0. The number of nitrogens with one attached hydrogen (secondary N) is 1. The monoisotopic (exact) mass is 443 g/mol. The molecule has 0 fully saturated rings. The van der Waals surface area contributed by atoms with E-state index in [-0.39, 0.29) is 11.7 Å². The van der Waals surface area contributed by atoms with Gasteiger partial charge in [-0.15, -0.1) is 11.3 Å². The first-order valence-electron chi connectivity index (χ1n) is 8.72. The number of halogens is 1. The van der Waals surface area contributed by atoms with Gasteiger partial charge in [-0.3, -0.25) is 10.5 Å². The standard InChI is InChI=1S/C19H26ClN3O3S2/c1-18(2,3)26-17(24)23-16-22-10-14(27-16)15(19(4,5)11-28(21)25)12-8-6-7-9-13(12)20/h6-10,15H,11,21H2,1-5H3,(H,22,23,24). The predicted molar refractivity (Wildman–Crippen MR) is 116 cm³/mol. The van der Waals surface area contributed by atoms with E-state index in [1.54, 1.807) is 27.0 Å². The molecule has 1 aromatic carbocycles. The largest absolute Gasteiger partial charge is 0.444 e. The van der Waals surface area contributed by atoms with E-state index in [0.717, 1.165) is 10.4 Å². The van der Waals surface area contributed by atoms with E-state index < -0.39 is 28.1 Å². The summed E-state index contributed by atoms with van der Waals surface area (Å²) in [7, 11) is -1.47. The number of aromatic nitrogens is 1. The molecule has 154 valence electrons. The number of ether oxygens (including phenoxy) is 1. The summed E-state index contributed by atoms with van der Waals surface area (Å²) >= 11 is 7.79. The van der Waals surface area contributed by atoms with Crippen molar-refractivity contribution in [3.63, 3.8) is 0 Å². The fraction of sp³-hybridized carbons (Fsp3) is 0.474. The van der Waals surface area contributed by atoms with Crippen molar-refractivity contribution < 1.29 is 13.7 Å². The van der Waals surface area contributed by atoms with Crippen LogP contribution in [0.4, 0.5) is 9.93 Å². The van der Waals surface area contributed by atoms with Crippen molar-refractivity contribution in [3.8, 4) is 0 Å². The van der Waals surface area contributed by atoms with Crippen molar-refractivity contribution in [1.82, 2.24) is 4.98 Å². The van der Waals surface area contributed by atoms with Crippen molar-refractivity contribution >= 4 is 45.1 Å². The van der Waals surface area contributed by atoms with Gasteiger partial charge in [-0.1, -0.05) is 43.6 Å². The molecule has 6 nitrogen and oxygen atoms in total. The molecule has 1 heterocycles. The lowest BCUT2D eigenvalue weighted by Crippen LogP contribution is -2.31. The first kappa shape index (κ1) is 22.8. The molecule has 28 heavy (non-hydrogen) atoms. The Kier molecular flexibility index (Phi) is 7.25. The highest BCUT2D eigenvalue weighted by molar-refractivity contribution is 7.82. The third-order valence-electron chi connectivity index (χ3n) is 3.93. The third-order valence-corrected chi connectivity index (χ3v) is 6.28. The van der Waals surface area contributed by atoms with Crippen LogP contribution in [0.2, 0.25) is 5.02 Å². The number of benzene rings is 1. The predicted octanol–water partition coefficient (Wildman–Crippen LogP) is 4.92. The Labute approximate surface area is 177 Å². The maximum absolute atomic E-state index is 12.0. The second-order valence-electron chi connectivity index (χ2n) is 8.16. The molecule has 2 rings (SSSR count). The van der Waals surface area contributed by atoms with Crippen molar-refractivity contribution in [2.24, 2.45) is 10.6 Å². The molecule has 0 spiro atoms. The summed E-state index contributed by atoms with van der Waals surface area (Å²) < 4.78 is 17.0. The zero-order valence-corrected chi connectivity index (χ0v) is 19.0. The zero-order chi connectivity index (χ0) is 21.1. The summed E-state index contributed by atoms with van der Waals surface area (Å²) in [5.74, 6) is 0.0932. The first-order valence-corrected chi connectivity index (χ1v) is 11.3. The molecule has 0 saturated heterocycles. The van der Waals surface area contributed by atoms with E-state index in [4.69, 9.17) is 21.5 Å². The number of nitrogens with two attached hydrogens (primary N) is 1. The Morgan fingerprint density at radius 3 is 2.54 bits per heavy atom. The van der Waals surface area contributed by atoms with Crippen LogP contribution in [0.25, 0.3) is 0 Å². The average Bonchev–Trinajstić information content (AvgIpc) is 2.93. The summed E-state index contributed by atoms with van der Waals surface area (Å²) in [6, 6.07) is 7.53. The van der Waals surface area contributed by atoms with Gasteiger partial charge in [0, 0.05) is 27.8 Å². The summed E-state index contributed by atoms with van der Waals surface area (Å²) in [4.78, 5) is 17.2. The molecule has 2 aromatic rings. The number of carbonyl (C=O) groups is 1. The highest BCUT2D eigenvalue weighted by Crippen LogP contribution is 2.46. The molecule has 1 aromatic heterocycles. The van der Waals surface area contributed by atoms with Gasteiger partial charge < -0.3 is 4.74 Å². The third kappa shape index (κ3) is 6.27. The van der Waals surface area contributed by atoms with Gasteiger partial charge in [0.15, 0.2) is 5.13 Å². The van der Waals surface area contributed by atoms with Crippen molar-refractivity contribution in [3.05, 3.63) is 45.9 Å². The SMILES string of the molecule is CC(C)(C)OC(=O)Nc1ncc(C(c2ccccc2Cl)C(C)(C)CS(N)=O)s1. The molecular formula is C19H26ClN3O3S2. The molecule has 9 heteroatoms. The van der Waals surface area contributed by atoms with E-state index in [1.165, 1.54) is 11.3 Å². The van der Waals surface area contributed by atoms with Crippen molar-refractivity contribution in [1.29, 1.82) is 0 Å². The molecule has 0 aliphatic rings. The fourth-order valence-electron chi connectivity index (χ4n) is 2.99. The molecule has 0 bridgehead atoms. The highest BCUT2D eigenvalue weighted by Gasteiger charge is 2.36. The molecule has 2 atom stereocenters. The normalized spacial score (nSPS) is 14.4. The second kappa shape index (κ2) is 8.90. The van der Waals surface area contributed by atoms with Gasteiger partial charge in [-0.25, -0.2) is 14.0 Å². The van der Waals surface area contributed by atoms with Gasteiger partial charge in [0.2, 0.25) is 0 Å². The minimum atomic E-state index is -1.47. The van der Waals surface area contributed by atoms with Gasteiger partial charge in [-0.2, -0.15) is 0 Å². The number of thiazole rings is 1. The van der Waals surface area contributed by atoms with Crippen LogP contribution in [0.5, 0.6) is 0 Å². The number of anilines is 1. The molecule has 2 unspecified atom stereocenters. The average molecular weight is 444 g/mol. The lowest BCUT2D eigenvalue weighted by atomic mass is 9.75. The van der Waals surface area contributed by atoms with E-state index >= 15 is 0 Å². The number of hydrogen-bond donors (Lipinski definition) is 2. The zero-order valence-electron chi connectivity index (χ0n) is 16.6. The Morgan fingerprint density at radius 1 is 1.32 bits per heavy atom. The van der Waals surface area contributed by atoms with E-state index in [1.807, 2.05) is 38.1 Å². The van der Waals surface area contributed by atoms with Gasteiger partial charge >= 0.3 is 6.09 Å². The van der Waals surface area contributed by atoms with Crippen LogP contribution in [0.3, 0.4) is 0 Å². The fourth-order valence-corrected chi connectivity index (χ4v) is 5.26. The molecule has 0 aliphatic carbocycles.